The van der Waals surface area contributed by atoms with Gasteiger partial charge in [-0.05, 0) is 12.5 Å². The molecule has 62 valence electrons. The molecule has 4 heteroatoms. The molecule has 1 aromatic carbocycles. The molecule has 0 amide bonds. The molecule has 1 N–H and O–H groups in total. The monoisotopic (exact) mass is 184 g/mol. The zero-order chi connectivity index (χ0) is 8.97. The van der Waals surface area contributed by atoms with Crippen molar-refractivity contribution in [2.24, 2.45) is 5.16 Å². The van der Waals surface area contributed by atoms with Crippen LogP contribution < -0.4 is 29.6 Å². The second kappa shape index (κ2) is 5.76. The van der Waals surface area contributed by atoms with Crippen LogP contribution in [0.2, 0.25) is 0 Å². The number of hydrogen-bond donors (Lipinski definition) is 1. The van der Waals surface area contributed by atoms with E-state index in [1.807, 2.05) is 25.1 Å². The molecule has 0 spiro atoms. The summed E-state index contributed by atoms with van der Waals surface area (Å²) in [5.41, 5.74) is 1.64. The quantitative estimate of drug-likeness (QED) is 0.258. The van der Waals surface area contributed by atoms with Crippen LogP contribution in [-0.2, 0) is 0 Å². The van der Waals surface area contributed by atoms with E-state index >= 15 is 0 Å². The normalized spacial score (nSPS) is 10.0. The van der Waals surface area contributed by atoms with Crippen molar-refractivity contribution in [3.05, 3.63) is 35.4 Å². The predicted molar refractivity (Wildman–Crippen MR) is 46.2 cm³/mol. The molecule has 0 aromatic heterocycles. The van der Waals surface area contributed by atoms with Crippen LogP contribution in [0.1, 0.15) is 12.6 Å². The van der Waals surface area contributed by atoms with Crippen molar-refractivity contribution in [3.63, 3.8) is 0 Å². The summed E-state index contributed by atoms with van der Waals surface area (Å²) in [4.78, 5) is 0. The molecule has 13 heavy (non-hydrogen) atoms. The third-order valence-corrected chi connectivity index (χ3v) is 1.61. The van der Waals surface area contributed by atoms with E-state index in [1.165, 1.54) is 0 Å². The minimum Gasteiger partial charge on any atom is -1.00 e. The molecule has 0 aliphatic heterocycles. The number of rotatable bonds is 1. The molecule has 0 saturated carbocycles. The Bertz CT molecular complexity index is 360. The summed E-state index contributed by atoms with van der Waals surface area (Å²) < 4.78 is 0. The van der Waals surface area contributed by atoms with Gasteiger partial charge >= 0.3 is 29.6 Å². The fourth-order valence-electron chi connectivity index (χ4n) is 0.975. The van der Waals surface area contributed by atoms with Gasteiger partial charge in [-0.2, -0.15) is 5.26 Å². The Morgan fingerprint density at radius 1 is 1.54 bits per heavy atom. The van der Waals surface area contributed by atoms with Crippen molar-refractivity contribution in [2.75, 3.05) is 0 Å². The van der Waals surface area contributed by atoms with Crippen LogP contribution in [0.4, 0.5) is 0 Å². The zero-order valence-electron chi connectivity index (χ0n) is 8.65. The second-order valence-corrected chi connectivity index (χ2v) is 2.38. The molecule has 0 heterocycles. The van der Waals surface area contributed by atoms with Gasteiger partial charge in [0.1, 0.15) is 6.07 Å². The molecule has 0 saturated heterocycles. The van der Waals surface area contributed by atoms with E-state index in [4.69, 9.17) is 10.5 Å². The summed E-state index contributed by atoms with van der Waals surface area (Å²) in [5, 5.41) is 19.9. The molecule has 0 radical (unpaired) electrons. The Hall–Kier alpha value is -0.820. The number of benzene rings is 1. The third kappa shape index (κ3) is 2.85. The maximum Gasteiger partial charge on any atom is 1.00 e. The Labute approximate surface area is 100 Å². The van der Waals surface area contributed by atoms with Crippen molar-refractivity contribution in [1.82, 2.24) is 0 Å². The van der Waals surface area contributed by atoms with Gasteiger partial charge in [0.25, 0.3) is 0 Å². The van der Waals surface area contributed by atoms with Crippen LogP contribution >= 0.6 is 0 Å². The van der Waals surface area contributed by atoms with E-state index in [2.05, 4.69) is 5.16 Å². The van der Waals surface area contributed by atoms with Gasteiger partial charge in [0.2, 0.25) is 0 Å². The SMILES string of the molecule is Cc1ccccc1C(C#N)=NO.[H-].[Na+]. The van der Waals surface area contributed by atoms with E-state index < -0.39 is 0 Å². The van der Waals surface area contributed by atoms with E-state index in [-0.39, 0.29) is 36.7 Å². The predicted octanol–water partition coefficient (Wildman–Crippen LogP) is -1.19. The minimum absolute atomic E-state index is 0. The maximum atomic E-state index is 8.56. The molecule has 0 bridgehead atoms. The van der Waals surface area contributed by atoms with E-state index in [9.17, 15) is 0 Å². The molecule has 0 aliphatic rings. The Morgan fingerprint density at radius 2 is 2.15 bits per heavy atom. The minimum atomic E-state index is 0. The van der Waals surface area contributed by atoms with Gasteiger partial charge in [0.15, 0.2) is 5.71 Å². The summed E-state index contributed by atoms with van der Waals surface area (Å²) in [5.74, 6) is 0. The summed E-state index contributed by atoms with van der Waals surface area (Å²) >= 11 is 0. The van der Waals surface area contributed by atoms with Crippen molar-refractivity contribution in [2.45, 2.75) is 6.92 Å². The largest absolute Gasteiger partial charge is 1.00 e. The van der Waals surface area contributed by atoms with Gasteiger partial charge in [0, 0.05) is 5.56 Å². The Morgan fingerprint density at radius 3 is 2.62 bits per heavy atom. The van der Waals surface area contributed by atoms with Gasteiger partial charge in [-0.1, -0.05) is 29.4 Å². The van der Waals surface area contributed by atoms with Crippen LogP contribution in [0.5, 0.6) is 0 Å². The smallest absolute Gasteiger partial charge is 1.00 e. The fraction of sp³-hybridized carbons (Fsp3) is 0.111. The van der Waals surface area contributed by atoms with E-state index in [0.29, 0.717) is 5.56 Å². The third-order valence-electron chi connectivity index (χ3n) is 1.61. The van der Waals surface area contributed by atoms with Gasteiger partial charge in [-0.25, -0.2) is 0 Å². The first-order valence-corrected chi connectivity index (χ1v) is 3.47. The number of oxime groups is 1. The summed E-state index contributed by atoms with van der Waals surface area (Å²) in [6.45, 7) is 1.86. The zero-order valence-corrected chi connectivity index (χ0v) is 9.65. The first-order valence-electron chi connectivity index (χ1n) is 3.47. The van der Waals surface area contributed by atoms with Gasteiger partial charge in [0.05, 0.1) is 0 Å². The van der Waals surface area contributed by atoms with Crippen molar-refractivity contribution < 1.29 is 36.2 Å². The van der Waals surface area contributed by atoms with Crippen molar-refractivity contribution in [3.8, 4) is 6.07 Å². The number of aryl methyl sites for hydroxylation is 1. The van der Waals surface area contributed by atoms with Crippen LogP contribution in [0.3, 0.4) is 0 Å². The molecular weight excluding hydrogens is 175 g/mol. The molecule has 0 unspecified atom stereocenters. The average molecular weight is 184 g/mol. The Kier molecular flexibility index (Phi) is 5.40. The number of nitriles is 1. The van der Waals surface area contributed by atoms with Crippen LogP contribution in [0.15, 0.2) is 29.4 Å². The van der Waals surface area contributed by atoms with Crippen molar-refractivity contribution >= 4 is 5.71 Å². The fourth-order valence-corrected chi connectivity index (χ4v) is 0.975. The van der Waals surface area contributed by atoms with Crippen LogP contribution in [-0.4, -0.2) is 10.9 Å². The van der Waals surface area contributed by atoms with Gasteiger partial charge in [-0.15, -0.1) is 0 Å². The molecular formula is C9H9N2NaO. The molecule has 0 atom stereocenters. The van der Waals surface area contributed by atoms with Crippen LogP contribution in [0, 0.1) is 18.3 Å². The summed E-state index contributed by atoms with van der Waals surface area (Å²) in [6, 6.07) is 9.07. The van der Waals surface area contributed by atoms with Gasteiger partial charge < -0.3 is 6.63 Å². The summed E-state index contributed by atoms with van der Waals surface area (Å²) in [7, 11) is 0. The standard InChI is InChI=1S/C9H8N2O.Na.H/c1-7-4-2-3-5-8(7)9(6-10)11-12;;/h2-5,12H,1H3;;/q;+1;-1. The number of nitrogens with zero attached hydrogens (tertiary/aromatic N) is 2. The average Bonchev–Trinajstić information content (AvgIpc) is 2.10. The summed E-state index contributed by atoms with van der Waals surface area (Å²) in [6.07, 6.45) is 0. The molecule has 3 nitrogen and oxygen atoms in total. The second-order valence-electron chi connectivity index (χ2n) is 2.38. The topological polar surface area (TPSA) is 56.4 Å². The Balaban J connectivity index is 0. The molecule has 0 aliphatic carbocycles. The molecule has 0 fully saturated rings. The van der Waals surface area contributed by atoms with E-state index in [1.54, 1.807) is 12.1 Å². The first kappa shape index (κ1) is 12.2. The van der Waals surface area contributed by atoms with Crippen LogP contribution in [0.25, 0.3) is 0 Å². The van der Waals surface area contributed by atoms with Gasteiger partial charge in [-0.3, -0.25) is 0 Å². The maximum absolute atomic E-state index is 8.56. The van der Waals surface area contributed by atoms with E-state index in [0.717, 1.165) is 5.56 Å². The number of hydrogen-bond acceptors (Lipinski definition) is 3. The molecule has 1 rings (SSSR count). The molecule has 1 aromatic rings. The van der Waals surface area contributed by atoms with Crippen molar-refractivity contribution in [1.29, 1.82) is 5.26 Å². The first-order chi connectivity index (χ1) is 5.79.